The quantitative estimate of drug-likeness (QED) is 0.430. The van der Waals surface area contributed by atoms with Gasteiger partial charge in [0.05, 0.1) is 22.8 Å². The van der Waals surface area contributed by atoms with E-state index in [9.17, 15) is 12.8 Å². The summed E-state index contributed by atoms with van der Waals surface area (Å²) in [6, 6.07) is 13.5. The van der Waals surface area contributed by atoms with Crippen LogP contribution in [0.3, 0.4) is 0 Å². The SMILES string of the molecule is CCn1nc(C)c(S(=O)(=O)Nc2ccccc2-c2csc(-c3ccccc3F)n2)c1C. The van der Waals surface area contributed by atoms with Crippen LogP contribution in [0.5, 0.6) is 0 Å². The summed E-state index contributed by atoms with van der Waals surface area (Å²) in [5.74, 6) is -0.351. The number of benzene rings is 2. The largest absolute Gasteiger partial charge is 0.279 e. The van der Waals surface area contributed by atoms with Crippen molar-refractivity contribution in [1.29, 1.82) is 0 Å². The van der Waals surface area contributed by atoms with Crippen molar-refractivity contribution < 1.29 is 12.8 Å². The first-order valence-electron chi connectivity index (χ1n) is 9.68. The minimum Gasteiger partial charge on any atom is -0.279 e. The number of thiazole rings is 1. The number of rotatable bonds is 6. The van der Waals surface area contributed by atoms with Gasteiger partial charge < -0.3 is 0 Å². The first kappa shape index (κ1) is 21.2. The zero-order valence-electron chi connectivity index (χ0n) is 17.3. The van der Waals surface area contributed by atoms with Crippen LogP contribution in [0.4, 0.5) is 10.1 Å². The molecule has 0 aliphatic heterocycles. The Balaban J connectivity index is 1.73. The van der Waals surface area contributed by atoms with E-state index >= 15 is 0 Å². The van der Waals surface area contributed by atoms with Gasteiger partial charge in [-0.25, -0.2) is 17.8 Å². The lowest BCUT2D eigenvalue weighted by atomic mass is 10.1. The smallest absolute Gasteiger partial charge is 0.265 e. The van der Waals surface area contributed by atoms with E-state index in [1.165, 1.54) is 17.4 Å². The molecule has 0 aliphatic carbocycles. The second-order valence-electron chi connectivity index (χ2n) is 6.98. The molecule has 0 bridgehead atoms. The predicted molar refractivity (Wildman–Crippen MR) is 121 cm³/mol. The summed E-state index contributed by atoms with van der Waals surface area (Å²) in [5, 5.41) is 6.64. The number of nitrogens with one attached hydrogen (secondary N) is 1. The highest BCUT2D eigenvalue weighted by molar-refractivity contribution is 7.92. The average Bonchev–Trinajstić information content (AvgIpc) is 3.33. The third-order valence-electron chi connectivity index (χ3n) is 4.94. The van der Waals surface area contributed by atoms with E-state index in [0.29, 0.717) is 45.4 Å². The Hall–Kier alpha value is -3.04. The van der Waals surface area contributed by atoms with Gasteiger partial charge in [0.2, 0.25) is 0 Å². The molecule has 4 aromatic rings. The molecule has 4 rings (SSSR count). The first-order chi connectivity index (χ1) is 14.8. The van der Waals surface area contributed by atoms with Crippen molar-refractivity contribution in [3.63, 3.8) is 0 Å². The maximum atomic E-state index is 14.2. The summed E-state index contributed by atoms with van der Waals surface area (Å²) >= 11 is 1.30. The second kappa shape index (κ2) is 8.24. The topological polar surface area (TPSA) is 76.9 Å². The maximum absolute atomic E-state index is 14.2. The minimum absolute atomic E-state index is 0.175. The Morgan fingerprint density at radius 1 is 1.06 bits per heavy atom. The first-order valence-corrected chi connectivity index (χ1v) is 12.0. The Bertz CT molecular complexity index is 1360. The fourth-order valence-electron chi connectivity index (χ4n) is 3.52. The van der Waals surface area contributed by atoms with Crippen LogP contribution in [0.1, 0.15) is 18.3 Å². The molecule has 0 saturated carbocycles. The molecule has 6 nitrogen and oxygen atoms in total. The van der Waals surface area contributed by atoms with Crippen LogP contribution in [0.25, 0.3) is 21.8 Å². The normalized spacial score (nSPS) is 11.6. The van der Waals surface area contributed by atoms with E-state index in [4.69, 9.17) is 0 Å². The van der Waals surface area contributed by atoms with Gasteiger partial charge in [0, 0.05) is 23.1 Å². The van der Waals surface area contributed by atoms with E-state index in [-0.39, 0.29) is 10.7 Å². The molecule has 0 atom stereocenters. The second-order valence-corrected chi connectivity index (χ2v) is 9.46. The number of aryl methyl sites for hydroxylation is 2. The molecule has 9 heteroatoms. The standard InChI is InChI=1S/C22H21FN4O2S2/c1-4-27-15(3)21(14(2)25-27)31(28,29)26-19-12-8-6-10-17(19)20-13-30-22(24-20)16-9-5-7-11-18(16)23/h5-13,26H,4H2,1-3H3. The molecule has 31 heavy (non-hydrogen) atoms. The lowest BCUT2D eigenvalue weighted by Crippen LogP contribution is -2.15. The van der Waals surface area contributed by atoms with E-state index in [2.05, 4.69) is 14.8 Å². The van der Waals surface area contributed by atoms with Gasteiger partial charge >= 0.3 is 0 Å². The Kier molecular flexibility index (Phi) is 5.63. The van der Waals surface area contributed by atoms with Crippen molar-refractivity contribution in [2.24, 2.45) is 0 Å². The Morgan fingerprint density at radius 3 is 2.42 bits per heavy atom. The Morgan fingerprint density at radius 2 is 1.74 bits per heavy atom. The highest BCUT2D eigenvalue weighted by atomic mass is 32.2. The van der Waals surface area contributed by atoms with Gasteiger partial charge in [-0.15, -0.1) is 11.3 Å². The van der Waals surface area contributed by atoms with E-state index in [1.54, 1.807) is 66.4 Å². The summed E-state index contributed by atoms with van der Waals surface area (Å²) < 4.78 is 44.9. The third-order valence-corrected chi connectivity index (χ3v) is 7.43. The van der Waals surface area contributed by atoms with Crippen LogP contribution in [-0.2, 0) is 16.6 Å². The zero-order chi connectivity index (χ0) is 22.2. The molecule has 0 unspecified atom stereocenters. The van der Waals surface area contributed by atoms with Gasteiger partial charge in [0.15, 0.2) is 0 Å². The number of hydrogen-bond donors (Lipinski definition) is 1. The number of sulfonamides is 1. The van der Waals surface area contributed by atoms with Crippen molar-refractivity contribution in [3.05, 3.63) is 71.1 Å². The number of hydrogen-bond acceptors (Lipinski definition) is 5. The molecule has 0 fully saturated rings. The lowest BCUT2D eigenvalue weighted by Gasteiger charge is -2.12. The number of halogens is 1. The number of aromatic nitrogens is 3. The van der Waals surface area contributed by atoms with Gasteiger partial charge in [-0.2, -0.15) is 5.10 Å². The maximum Gasteiger partial charge on any atom is 0.265 e. The molecule has 0 saturated heterocycles. The van der Waals surface area contributed by atoms with Gasteiger partial charge in [0.25, 0.3) is 10.0 Å². The molecule has 1 N–H and O–H groups in total. The van der Waals surface area contributed by atoms with Crippen LogP contribution >= 0.6 is 11.3 Å². The summed E-state index contributed by atoms with van der Waals surface area (Å²) in [4.78, 5) is 4.73. The van der Waals surface area contributed by atoms with Gasteiger partial charge in [0.1, 0.15) is 15.7 Å². The van der Waals surface area contributed by atoms with E-state index < -0.39 is 10.0 Å². The molecule has 2 heterocycles. The fourth-order valence-corrected chi connectivity index (χ4v) is 5.86. The van der Waals surface area contributed by atoms with Gasteiger partial charge in [-0.3, -0.25) is 9.40 Å². The van der Waals surface area contributed by atoms with Gasteiger partial charge in [-0.1, -0.05) is 30.3 Å². The molecule has 2 aromatic heterocycles. The van der Waals surface area contributed by atoms with Crippen molar-refractivity contribution in [2.75, 3.05) is 4.72 Å². The molecular weight excluding hydrogens is 435 g/mol. The average molecular weight is 457 g/mol. The van der Waals surface area contributed by atoms with Crippen LogP contribution < -0.4 is 4.72 Å². The predicted octanol–water partition coefficient (Wildman–Crippen LogP) is 5.25. The molecule has 0 radical (unpaired) electrons. The molecule has 160 valence electrons. The zero-order valence-corrected chi connectivity index (χ0v) is 18.9. The molecular formula is C22H21FN4O2S2. The van der Waals surface area contributed by atoms with E-state index in [0.717, 1.165) is 0 Å². The van der Waals surface area contributed by atoms with Gasteiger partial charge in [-0.05, 0) is 39.0 Å². The summed E-state index contributed by atoms with van der Waals surface area (Å²) in [7, 11) is -3.86. The van der Waals surface area contributed by atoms with Crippen molar-refractivity contribution in [3.8, 4) is 21.8 Å². The molecule has 0 aliphatic rings. The third kappa shape index (κ3) is 3.98. The Labute approximate surface area is 184 Å². The van der Waals surface area contributed by atoms with Crippen LogP contribution in [0, 0.1) is 19.7 Å². The lowest BCUT2D eigenvalue weighted by molar-refractivity contribution is 0.598. The molecule has 0 spiro atoms. The summed E-state index contributed by atoms with van der Waals surface area (Å²) in [6.45, 7) is 5.91. The van der Waals surface area contributed by atoms with E-state index in [1.807, 2.05) is 6.92 Å². The van der Waals surface area contributed by atoms with Crippen molar-refractivity contribution >= 4 is 27.0 Å². The molecule has 0 amide bonds. The number of nitrogens with zero attached hydrogens (tertiary/aromatic N) is 3. The van der Waals surface area contributed by atoms with Crippen LogP contribution in [0.15, 0.2) is 58.8 Å². The molecule has 2 aromatic carbocycles. The minimum atomic E-state index is -3.86. The van der Waals surface area contributed by atoms with Crippen LogP contribution in [0.2, 0.25) is 0 Å². The monoisotopic (exact) mass is 456 g/mol. The summed E-state index contributed by atoms with van der Waals surface area (Å²) in [5.41, 5.74) is 3.02. The highest BCUT2D eigenvalue weighted by Crippen LogP contribution is 2.35. The van der Waals surface area contributed by atoms with Crippen molar-refractivity contribution in [1.82, 2.24) is 14.8 Å². The van der Waals surface area contributed by atoms with Crippen molar-refractivity contribution in [2.45, 2.75) is 32.2 Å². The highest BCUT2D eigenvalue weighted by Gasteiger charge is 2.25. The number of para-hydroxylation sites is 1. The fraction of sp³-hybridized carbons (Fsp3) is 0.182. The number of anilines is 1. The van der Waals surface area contributed by atoms with Crippen LogP contribution in [-0.4, -0.2) is 23.2 Å². The summed E-state index contributed by atoms with van der Waals surface area (Å²) in [6.07, 6.45) is 0.